The summed E-state index contributed by atoms with van der Waals surface area (Å²) in [4.78, 5) is 40.0. The van der Waals surface area contributed by atoms with Crippen LogP contribution < -0.4 is 25.0 Å². The molecule has 3 amide bonds. The van der Waals surface area contributed by atoms with E-state index in [4.69, 9.17) is 13.9 Å². The van der Waals surface area contributed by atoms with Crippen molar-refractivity contribution in [1.82, 2.24) is 10.6 Å². The third-order valence-corrected chi connectivity index (χ3v) is 5.97. The Labute approximate surface area is 186 Å². The van der Waals surface area contributed by atoms with Crippen LogP contribution in [0.5, 0.6) is 11.5 Å². The minimum absolute atomic E-state index is 0.0716. The highest BCUT2D eigenvalue weighted by molar-refractivity contribution is 6.01. The fourth-order valence-electron chi connectivity index (χ4n) is 3.86. The van der Waals surface area contributed by atoms with Crippen LogP contribution in [0.3, 0.4) is 0 Å². The van der Waals surface area contributed by atoms with Gasteiger partial charge in [-0.05, 0) is 30.2 Å². The van der Waals surface area contributed by atoms with E-state index in [0.717, 1.165) is 0 Å². The molecule has 0 saturated carbocycles. The van der Waals surface area contributed by atoms with Crippen molar-refractivity contribution in [3.63, 3.8) is 0 Å². The number of fused-ring (bicyclic) bond motifs is 1. The number of benzene rings is 1. The number of hydrogen-bond acceptors (Lipinski definition) is 6. The van der Waals surface area contributed by atoms with Crippen LogP contribution in [0.15, 0.2) is 41.0 Å². The quantitative estimate of drug-likeness (QED) is 0.650. The molecule has 0 unspecified atom stereocenters. The normalized spacial score (nSPS) is 19.0. The Morgan fingerprint density at radius 1 is 1.22 bits per heavy atom. The molecular weight excluding hydrogens is 414 g/mol. The van der Waals surface area contributed by atoms with Crippen molar-refractivity contribution >= 4 is 23.4 Å². The Kier molecular flexibility index (Phi) is 6.34. The predicted molar refractivity (Wildman–Crippen MR) is 115 cm³/mol. The van der Waals surface area contributed by atoms with Crippen LogP contribution in [0.2, 0.25) is 0 Å². The van der Waals surface area contributed by atoms with Gasteiger partial charge in [0, 0.05) is 24.7 Å². The predicted octanol–water partition coefficient (Wildman–Crippen LogP) is 2.21. The third-order valence-electron chi connectivity index (χ3n) is 5.97. The standard InChI is InChI=1S/C23H27N3O6/c1-3-14(2)21(23(29)24-11-17-5-4-8-30-17)25-22(28)15-9-20(27)26(12-15)16-6-7-18-19(10-16)32-13-31-18/h4-8,10,14-15,21H,3,9,11-13H2,1-2H3,(H,24,29)(H,25,28)/t14-,15-,21+/m1/s1. The van der Waals surface area contributed by atoms with Gasteiger partial charge in [-0.15, -0.1) is 0 Å². The lowest BCUT2D eigenvalue weighted by atomic mass is 9.97. The van der Waals surface area contributed by atoms with Crippen LogP contribution in [0.25, 0.3) is 0 Å². The molecular formula is C23H27N3O6. The van der Waals surface area contributed by atoms with E-state index in [-0.39, 0.29) is 49.9 Å². The van der Waals surface area contributed by atoms with Crippen LogP contribution >= 0.6 is 0 Å². The molecule has 3 heterocycles. The van der Waals surface area contributed by atoms with Crippen LogP contribution in [-0.4, -0.2) is 37.1 Å². The SMILES string of the molecule is CC[C@@H](C)[C@H](NC(=O)[C@@H]1CC(=O)N(c2ccc3c(c2)OCO3)C1)C(=O)NCc1ccco1. The summed E-state index contributed by atoms with van der Waals surface area (Å²) in [5.74, 6) is 0.496. The average molecular weight is 441 g/mol. The summed E-state index contributed by atoms with van der Waals surface area (Å²) < 4.78 is 15.9. The highest BCUT2D eigenvalue weighted by atomic mass is 16.7. The van der Waals surface area contributed by atoms with Crippen LogP contribution in [0.1, 0.15) is 32.4 Å². The smallest absolute Gasteiger partial charge is 0.243 e. The molecule has 1 saturated heterocycles. The van der Waals surface area contributed by atoms with Crippen molar-refractivity contribution in [2.45, 2.75) is 39.3 Å². The first kappa shape index (κ1) is 21.7. The summed E-state index contributed by atoms with van der Waals surface area (Å²) >= 11 is 0. The number of hydrogen-bond donors (Lipinski definition) is 2. The number of anilines is 1. The summed E-state index contributed by atoms with van der Waals surface area (Å²) in [5, 5.41) is 5.68. The number of furan rings is 1. The van der Waals surface area contributed by atoms with Crippen molar-refractivity contribution in [3.05, 3.63) is 42.4 Å². The van der Waals surface area contributed by atoms with Crippen LogP contribution in [-0.2, 0) is 20.9 Å². The number of rotatable bonds is 8. The van der Waals surface area contributed by atoms with Crippen molar-refractivity contribution in [2.75, 3.05) is 18.2 Å². The first-order valence-corrected chi connectivity index (χ1v) is 10.8. The van der Waals surface area contributed by atoms with Gasteiger partial charge in [0.2, 0.25) is 24.5 Å². The minimum atomic E-state index is -0.697. The van der Waals surface area contributed by atoms with E-state index < -0.39 is 12.0 Å². The van der Waals surface area contributed by atoms with Crippen molar-refractivity contribution < 1.29 is 28.3 Å². The van der Waals surface area contributed by atoms with Crippen LogP contribution in [0, 0.1) is 11.8 Å². The zero-order valence-electron chi connectivity index (χ0n) is 18.1. The lowest BCUT2D eigenvalue weighted by molar-refractivity contribution is -0.132. The molecule has 170 valence electrons. The highest BCUT2D eigenvalue weighted by Gasteiger charge is 2.37. The van der Waals surface area contributed by atoms with E-state index in [0.29, 0.717) is 29.4 Å². The Morgan fingerprint density at radius 3 is 2.78 bits per heavy atom. The molecule has 0 radical (unpaired) electrons. The van der Waals surface area contributed by atoms with E-state index in [1.54, 1.807) is 41.5 Å². The maximum atomic E-state index is 13.0. The molecule has 4 rings (SSSR count). The second-order valence-corrected chi connectivity index (χ2v) is 8.11. The summed E-state index contributed by atoms with van der Waals surface area (Å²) in [7, 11) is 0. The van der Waals surface area contributed by atoms with Gasteiger partial charge in [0.15, 0.2) is 11.5 Å². The first-order chi connectivity index (χ1) is 15.5. The number of nitrogens with one attached hydrogen (secondary N) is 2. The highest BCUT2D eigenvalue weighted by Crippen LogP contribution is 2.37. The number of carbonyl (C=O) groups is 3. The van der Waals surface area contributed by atoms with Gasteiger partial charge >= 0.3 is 0 Å². The zero-order valence-corrected chi connectivity index (χ0v) is 18.1. The Morgan fingerprint density at radius 2 is 2.03 bits per heavy atom. The Hall–Kier alpha value is -3.49. The van der Waals surface area contributed by atoms with Gasteiger partial charge in [-0.25, -0.2) is 0 Å². The number of carbonyl (C=O) groups excluding carboxylic acids is 3. The van der Waals surface area contributed by atoms with Crippen molar-refractivity contribution in [3.8, 4) is 11.5 Å². The van der Waals surface area contributed by atoms with Gasteiger partial charge in [-0.3, -0.25) is 14.4 Å². The summed E-state index contributed by atoms with van der Waals surface area (Å²) in [6.45, 7) is 4.51. The van der Waals surface area contributed by atoms with Gasteiger partial charge in [0.25, 0.3) is 0 Å². The summed E-state index contributed by atoms with van der Waals surface area (Å²) in [5.41, 5.74) is 0.657. The van der Waals surface area contributed by atoms with E-state index in [9.17, 15) is 14.4 Å². The Balaban J connectivity index is 1.39. The Bertz CT molecular complexity index is 990. The molecule has 0 bridgehead atoms. The molecule has 32 heavy (non-hydrogen) atoms. The summed E-state index contributed by atoms with van der Waals surface area (Å²) in [6, 6.07) is 8.09. The van der Waals surface area contributed by atoms with E-state index >= 15 is 0 Å². The molecule has 2 N–H and O–H groups in total. The fraction of sp³-hybridized carbons (Fsp3) is 0.435. The molecule has 1 aromatic heterocycles. The third kappa shape index (κ3) is 4.56. The zero-order chi connectivity index (χ0) is 22.7. The largest absolute Gasteiger partial charge is 0.467 e. The maximum Gasteiger partial charge on any atom is 0.243 e. The van der Waals surface area contributed by atoms with Crippen molar-refractivity contribution in [1.29, 1.82) is 0 Å². The lowest BCUT2D eigenvalue weighted by Gasteiger charge is -2.25. The number of nitrogens with zero attached hydrogens (tertiary/aromatic N) is 1. The molecule has 0 aliphatic carbocycles. The first-order valence-electron chi connectivity index (χ1n) is 10.8. The fourth-order valence-corrected chi connectivity index (χ4v) is 3.86. The van der Waals surface area contributed by atoms with Crippen molar-refractivity contribution in [2.24, 2.45) is 11.8 Å². The molecule has 2 aromatic rings. The lowest BCUT2D eigenvalue weighted by Crippen LogP contribution is -2.51. The van der Waals surface area contributed by atoms with Crippen LogP contribution in [0.4, 0.5) is 5.69 Å². The van der Waals surface area contributed by atoms with Gasteiger partial charge in [-0.1, -0.05) is 20.3 Å². The second kappa shape index (κ2) is 9.33. The molecule has 9 nitrogen and oxygen atoms in total. The number of ether oxygens (including phenoxy) is 2. The molecule has 2 aliphatic heterocycles. The molecule has 3 atom stereocenters. The number of amides is 3. The topological polar surface area (TPSA) is 110 Å². The average Bonchev–Trinajstić information content (AvgIpc) is 3.55. The monoisotopic (exact) mass is 441 g/mol. The van der Waals surface area contributed by atoms with Gasteiger partial charge in [0.1, 0.15) is 11.8 Å². The molecule has 0 spiro atoms. The molecule has 1 aromatic carbocycles. The van der Waals surface area contributed by atoms with E-state index in [1.165, 1.54) is 0 Å². The van der Waals surface area contributed by atoms with Gasteiger partial charge in [0.05, 0.1) is 18.7 Å². The summed E-state index contributed by atoms with van der Waals surface area (Å²) in [6.07, 6.45) is 2.34. The molecule has 9 heteroatoms. The van der Waals surface area contributed by atoms with E-state index in [1.807, 2.05) is 13.8 Å². The maximum absolute atomic E-state index is 13.0. The minimum Gasteiger partial charge on any atom is -0.467 e. The molecule has 2 aliphatic rings. The van der Waals surface area contributed by atoms with Gasteiger partial charge in [-0.2, -0.15) is 0 Å². The molecule has 1 fully saturated rings. The van der Waals surface area contributed by atoms with Gasteiger partial charge < -0.3 is 29.4 Å². The second-order valence-electron chi connectivity index (χ2n) is 8.11. The van der Waals surface area contributed by atoms with E-state index in [2.05, 4.69) is 10.6 Å².